The second kappa shape index (κ2) is 2.86. The predicted octanol–water partition coefficient (Wildman–Crippen LogP) is 3.06. The van der Waals surface area contributed by atoms with Crippen LogP contribution in [-0.4, -0.2) is 0 Å². The third-order valence-corrected chi connectivity index (χ3v) is 1.92. The van der Waals surface area contributed by atoms with Gasteiger partial charge in [-0.25, -0.2) is 0 Å². The molecule has 1 aliphatic rings. The Morgan fingerprint density at radius 3 is 1.78 bits per heavy atom. The molecule has 0 nitrogen and oxygen atoms in total. The van der Waals surface area contributed by atoms with Gasteiger partial charge in [-0.15, -0.1) is 0 Å². The van der Waals surface area contributed by atoms with Crippen LogP contribution in [0.2, 0.25) is 0 Å². The van der Waals surface area contributed by atoms with E-state index in [0.29, 0.717) is 0 Å². The van der Waals surface area contributed by atoms with Crippen molar-refractivity contribution in [3.63, 3.8) is 0 Å². The molecule has 0 unspecified atom stereocenters. The number of allylic oxidation sites excluding steroid dienone is 4. The zero-order chi connectivity index (χ0) is 6.69. The Labute approximate surface area is 57.3 Å². The van der Waals surface area contributed by atoms with E-state index in [1.807, 2.05) is 0 Å². The van der Waals surface area contributed by atoms with E-state index in [4.69, 9.17) is 0 Å². The summed E-state index contributed by atoms with van der Waals surface area (Å²) in [5.41, 5.74) is 3.18. The molecule has 0 saturated carbocycles. The molecule has 0 N–H and O–H groups in total. The first-order valence-corrected chi connectivity index (χ1v) is 3.74. The van der Waals surface area contributed by atoms with Crippen molar-refractivity contribution in [2.75, 3.05) is 0 Å². The van der Waals surface area contributed by atoms with E-state index in [2.05, 4.69) is 26.0 Å². The molecule has 0 fully saturated rings. The van der Waals surface area contributed by atoms with Crippen LogP contribution in [0.4, 0.5) is 0 Å². The lowest BCUT2D eigenvalue weighted by molar-refractivity contribution is 0.961. The molecule has 0 aromatic heterocycles. The fraction of sp³-hybridized carbons (Fsp3) is 0.556. The third kappa shape index (κ3) is 1.44. The van der Waals surface area contributed by atoms with Gasteiger partial charge in [0.2, 0.25) is 0 Å². The summed E-state index contributed by atoms with van der Waals surface area (Å²) in [7, 11) is 0. The van der Waals surface area contributed by atoms with Crippen molar-refractivity contribution < 1.29 is 0 Å². The van der Waals surface area contributed by atoms with Gasteiger partial charge >= 0.3 is 0 Å². The summed E-state index contributed by atoms with van der Waals surface area (Å²) in [6.07, 6.45) is 8.21. The minimum Gasteiger partial charge on any atom is -0.0664 e. The summed E-state index contributed by atoms with van der Waals surface area (Å²) in [4.78, 5) is 0. The highest BCUT2D eigenvalue weighted by Gasteiger charge is 2.02. The van der Waals surface area contributed by atoms with E-state index in [1.54, 1.807) is 11.1 Å². The van der Waals surface area contributed by atoms with Gasteiger partial charge in [-0.05, 0) is 19.3 Å². The Kier molecular flexibility index (Phi) is 2.10. The van der Waals surface area contributed by atoms with Gasteiger partial charge in [-0.1, -0.05) is 37.1 Å². The Balaban J connectivity index is 2.43. The SMILES string of the molecule is CCC1=CC=C(CC)C1. The zero-order valence-corrected chi connectivity index (χ0v) is 6.28. The van der Waals surface area contributed by atoms with E-state index >= 15 is 0 Å². The molecular formula is C9H14. The maximum atomic E-state index is 2.26. The first kappa shape index (κ1) is 6.60. The highest BCUT2D eigenvalue weighted by molar-refractivity contribution is 5.29. The second-order valence-electron chi connectivity index (χ2n) is 2.53. The van der Waals surface area contributed by atoms with E-state index in [9.17, 15) is 0 Å². The lowest BCUT2D eigenvalue weighted by atomic mass is 10.1. The maximum absolute atomic E-state index is 2.26. The van der Waals surface area contributed by atoms with Crippen molar-refractivity contribution in [1.29, 1.82) is 0 Å². The minimum absolute atomic E-state index is 1.22. The number of rotatable bonds is 2. The Bertz CT molecular complexity index is 131. The Hall–Kier alpha value is -0.520. The van der Waals surface area contributed by atoms with Gasteiger partial charge in [-0.3, -0.25) is 0 Å². The third-order valence-electron chi connectivity index (χ3n) is 1.92. The molecule has 1 aliphatic carbocycles. The van der Waals surface area contributed by atoms with Crippen molar-refractivity contribution in [3.8, 4) is 0 Å². The van der Waals surface area contributed by atoms with Gasteiger partial charge in [0.1, 0.15) is 0 Å². The van der Waals surface area contributed by atoms with Crippen LogP contribution >= 0.6 is 0 Å². The topological polar surface area (TPSA) is 0 Å². The van der Waals surface area contributed by atoms with Gasteiger partial charge in [0.25, 0.3) is 0 Å². The number of hydrogen-bond donors (Lipinski definition) is 0. The lowest BCUT2D eigenvalue weighted by Crippen LogP contribution is -1.77. The summed E-state index contributed by atoms with van der Waals surface area (Å²) in [5, 5.41) is 0. The lowest BCUT2D eigenvalue weighted by Gasteiger charge is -1.97. The molecule has 0 amide bonds. The van der Waals surface area contributed by atoms with E-state index in [-0.39, 0.29) is 0 Å². The Morgan fingerprint density at radius 2 is 1.56 bits per heavy atom. The van der Waals surface area contributed by atoms with E-state index in [1.165, 1.54) is 19.3 Å². The van der Waals surface area contributed by atoms with Gasteiger partial charge < -0.3 is 0 Å². The zero-order valence-electron chi connectivity index (χ0n) is 6.28. The van der Waals surface area contributed by atoms with Crippen molar-refractivity contribution in [3.05, 3.63) is 23.3 Å². The fourth-order valence-electron chi connectivity index (χ4n) is 1.13. The molecule has 0 radical (unpaired) electrons. The molecule has 0 saturated heterocycles. The number of hydrogen-bond acceptors (Lipinski definition) is 0. The highest BCUT2D eigenvalue weighted by atomic mass is 14.1. The molecule has 50 valence electrons. The average Bonchev–Trinajstić information content (AvgIpc) is 2.34. The van der Waals surface area contributed by atoms with Crippen LogP contribution in [0.25, 0.3) is 0 Å². The fourth-order valence-corrected chi connectivity index (χ4v) is 1.13. The van der Waals surface area contributed by atoms with Crippen LogP contribution < -0.4 is 0 Å². The van der Waals surface area contributed by atoms with E-state index in [0.717, 1.165) is 0 Å². The molecule has 0 aromatic rings. The summed E-state index contributed by atoms with van der Waals surface area (Å²) in [5.74, 6) is 0. The smallest absolute Gasteiger partial charge is 0.0102 e. The summed E-state index contributed by atoms with van der Waals surface area (Å²) in [6.45, 7) is 4.44. The molecule has 0 heteroatoms. The molecule has 0 bridgehead atoms. The molecule has 0 aromatic carbocycles. The predicted molar refractivity (Wildman–Crippen MR) is 41.4 cm³/mol. The standard InChI is InChI=1S/C9H14/c1-3-8-5-6-9(4-2)7-8/h5-6H,3-4,7H2,1-2H3. The average molecular weight is 122 g/mol. The van der Waals surface area contributed by atoms with Crippen LogP contribution in [0.1, 0.15) is 33.1 Å². The largest absolute Gasteiger partial charge is 0.0664 e. The van der Waals surface area contributed by atoms with Gasteiger partial charge in [-0.2, -0.15) is 0 Å². The van der Waals surface area contributed by atoms with Crippen LogP contribution in [0.3, 0.4) is 0 Å². The second-order valence-corrected chi connectivity index (χ2v) is 2.53. The quantitative estimate of drug-likeness (QED) is 0.528. The van der Waals surface area contributed by atoms with Crippen molar-refractivity contribution in [2.45, 2.75) is 33.1 Å². The van der Waals surface area contributed by atoms with Gasteiger partial charge in [0.05, 0.1) is 0 Å². The van der Waals surface area contributed by atoms with Gasteiger partial charge in [0.15, 0.2) is 0 Å². The molecule has 1 rings (SSSR count). The van der Waals surface area contributed by atoms with Crippen LogP contribution in [0, 0.1) is 0 Å². The Morgan fingerprint density at radius 1 is 1.11 bits per heavy atom. The minimum atomic E-state index is 1.22. The van der Waals surface area contributed by atoms with Crippen LogP contribution in [0.5, 0.6) is 0 Å². The first-order chi connectivity index (χ1) is 4.36. The van der Waals surface area contributed by atoms with Crippen molar-refractivity contribution in [1.82, 2.24) is 0 Å². The molecule has 0 aliphatic heterocycles. The summed E-state index contributed by atoms with van der Waals surface area (Å²) < 4.78 is 0. The van der Waals surface area contributed by atoms with Crippen molar-refractivity contribution in [2.24, 2.45) is 0 Å². The van der Waals surface area contributed by atoms with Crippen LogP contribution in [-0.2, 0) is 0 Å². The molecule has 0 atom stereocenters. The molecular weight excluding hydrogens is 108 g/mol. The maximum Gasteiger partial charge on any atom is -0.0102 e. The molecule has 0 heterocycles. The van der Waals surface area contributed by atoms with E-state index < -0.39 is 0 Å². The van der Waals surface area contributed by atoms with Gasteiger partial charge in [0, 0.05) is 0 Å². The van der Waals surface area contributed by atoms with Crippen LogP contribution in [0.15, 0.2) is 23.3 Å². The first-order valence-electron chi connectivity index (χ1n) is 3.74. The highest BCUT2D eigenvalue weighted by Crippen LogP contribution is 2.22. The molecule has 0 spiro atoms. The normalized spacial score (nSPS) is 17.6. The summed E-state index contributed by atoms with van der Waals surface area (Å²) in [6, 6.07) is 0. The summed E-state index contributed by atoms with van der Waals surface area (Å²) >= 11 is 0. The van der Waals surface area contributed by atoms with Crippen molar-refractivity contribution >= 4 is 0 Å². The molecule has 9 heavy (non-hydrogen) atoms. The monoisotopic (exact) mass is 122 g/mol.